The third kappa shape index (κ3) is 39.4. The summed E-state index contributed by atoms with van der Waals surface area (Å²) in [6.45, 7) is -6.26. The molecule has 0 radical (unpaired) electrons. The summed E-state index contributed by atoms with van der Waals surface area (Å²) in [7, 11) is 3.16. The summed E-state index contributed by atoms with van der Waals surface area (Å²) in [6, 6.07) is -9.25. The van der Waals surface area contributed by atoms with Gasteiger partial charge in [0.25, 0.3) is 11.5 Å². The van der Waals surface area contributed by atoms with E-state index in [-0.39, 0.29) is 47.3 Å². The van der Waals surface area contributed by atoms with Gasteiger partial charge in [-0.05, 0) is 62.8 Å². The van der Waals surface area contributed by atoms with Crippen molar-refractivity contribution in [2.45, 2.75) is 199 Å². The van der Waals surface area contributed by atoms with Crippen molar-refractivity contribution >= 4 is 133 Å². The number of hydrogen-bond acceptors (Lipinski definition) is 40. The third-order valence-electron chi connectivity index (χ3n) is 17.9. The number of ether oxygens (including phenoxy) is 1. The first kappa shape index (κ1) is 108. The van der Waals surface area contributed by atoms with Gasteiger partial charge in [-0.2, -0.15) is 4.98 Å². The molecule has 11 amide bonds. The van der Waals surface area contributed by atoms with Crippen LogP contribution in [-0.4, -0.2) is 386 Å². The molecular weight excluding hydrogens is 1720 g/mol. The number of aliphatic carboxylic acids is 4. The highest BCUT2D eigenvalue weighted by molar-refractivity contribution is 8.76. The number of nitrogens with two attached hydrogens (primary N) is 1. The Morgan fingerprint density at radius 2 is 0.824 bits per heavy atom. The number of aromatic nitrogens is 4. The van der Waals surface area contributed by atoms with Crippen LogP contribution in [0.2, 0.25) is 0 Å². The lowest BCUT2D eigenvalue weighted by Gasteiger charge is -2.28. The first-order chi connectivity index (χ1) is 58.9. The van der Waals surface area contributed by atoms with Gasteiger partial charge >= 0.3 is 30.0 Å². The van der Waals surface area contributed by atoms with Crippen LogP contribution in [0.15, 0.2) is 35.3 Å². The summed E-state index contributed by atoms with van der Waals surface area (Å²) in [5.41, 5.74) is 9.79. The summed E-state index contributed by atoms with van der Waals surface area (Å²) >= 11 is 0. The van der Waals surface area contributed by atoms with Crippen LogP contribution in [-0.2, 0) is 73.6 Å². The molecule has 0 aliphatic rings. The molecule has 0 saturated heterocycles. The fraction of sp³-hybridized carbons (Fsp3) is 0.609. The molecule has 125 heavy (non-hydrogen) atoms. The molecule has 2 heterocycles. The van der Waals surface area contributed by atoms with E-state index in [1.54, 1.807) is 0 Å². The summed E-state index contributed by atoms with van der Waals surface area (Å²) in [5, 5.41) is 214. The topological polar surface area (TPSA) is 904 Å². The van der Waals surface area contributed by atoms with Crippen molar-refractivity contribution < 1.29 is 174 Å². The second-order valence-corrected chi connectivity index (χ2v) is 30.1. The summed E-state index contributed by atoms with van der Waals surface area (Å²) in [5.74, 6) is -20.6. The van der Waals surface area contributed by atoms with Gasteiger partial charge in [0, 0.05) is 88.0 Å². The Kier molecular flexibility index (Phi) is 48.5. The van der Waals surface area contributed by atoms with Crippen molar-refractivity contribution in [2.24, 2.45) is 0 Å². The van der Waals surface area contributed by atoms with E-state index in [0.29, 0.717) is 5.69 Å². The number of carbonyl (C=O) groups is 15. The minimum absolute atomic E-state index is 0.00462. The minimum Gasteiger partial charge on any atom is -0.481 e. The highest BCUT2D eigenvalue weighted by Crippen LogP contribution is 2.23. The first-order valence-electron chi connectivity index (χ1n) is 38.0. The number of nitrogen functional groups attached to an aromatic ring is 1. The van der Waals surface area contributed by atoms with Gasteiger partial charge in [0.15, 0.2) is 11.2 Å². The number of carbonyl (C=O) groups excluding carboxylic acids is 11. The highest BCUT2D eigenvalue weighted by atomic mass is 33.1. The van der Waals surface area contributed by atoms with E-state index in [2.05, 4.69) is 89.3 Å². The molecule has 0 aliphatic carbocycles. The van der Waals surface area contributed by atoms with Crippen LogP contribution in [0.5, 0.6) is 0 Å². The number of carboxylic acid groups (broad SMARTS) is 4. The maximum absolute atomic E-state index is 14.8. The number of H-pyrrole nitrogens is 1. The SMILES string of the molecule is CNNC(=O)OCCSSC[C@@H](NC(=O)[C@H](CCC(=O)NC[C@H](O)[C@@H](O)[C@H](O)[C@H](O)CO)NC(=O)[C@@H](CCC(=O)O)NC(=O)[C@H](CCC(=O)NC[C@H](O)[C@@H](O)[C@H](O)[C@H](O)CO)NC(=O)[C@@H](CCC(=O)O)NC(=O)[C@H](CCC(=O)NC[C@H](O)[C@@H](O)[C@H](O)[C@H](O)CO)NC(=O)CC[C@@H](NC(=O)c1ccc(NCc2cnc3nc(N)[nH]c(=O)c3n2)cc1)C(=O)O)C(=O)O. The van der Waals surface area contributed by atoms with E-state index >= 15 is 0 Å². The summed E-state index contributed by atoms with van der Waals surface area (Å²) in [4.78, 5) is 228. The molecule has 0 unspecified atom stereocenters. The predicted molar refractivity (Wildman–Crippen MR) is 426 cm³/mol. The van der Waals surface area contributed by atoms with Gasteiger partial charge in [0.05, 0.1) is 56.6 Å². The van der Waals surface area contributed by atoms with Crippen LogP contribution in [0, 0.1) is 0 Å². The number of carboxylic acids is 4. The Labute approximate surface area is 715 Å². The van der Waals surface area contributed by atoms with E-state index in [9.17, 15) is 174 Å². The molecule has 0 aliphatic heterocycles. The Balaban J connectivity index is 2.09. The Morgan fingerprint density at radius 1 is 0.456 bits per heavy atom. The monoisotopic (exact) mass is 1830 g/mol. The van der Waals surface area contributed by atoms with Crippen LogP contribution in [0.25, 0.3) is 11.2 Å². The van der Waals surface area contributed by atoms with Gasteiger partial charge in [-0.15, -0.1) is 0 Å². The number of rotatable bonds is 61. The van der Waals surface area contributed by atoms with Crippen molar-refractivity contribution in [1.29, 1.82) is 0 Å². The zero-order chi connectivity index (χ0) is 93.9. The lowest BCUT2D eigenvalue weighted by molar-refractivity contribution is -0.142. The largest absolute Gasteiger partial charge is 0.481 e. The van der Waals surface area contributed by atoms with Gasteiger partial charge in [0.1, 0.15) is 104 Å². The fourth-order valence-electron chi connectivity index (χ4n) is 10.7. The van der Waals surface area contributed by atoms with Gasteiger partial charge in [-0.3, -0.25) is 72.7 Å². The number of aliphatic hydroxyl groups is 15. The number of aliphatic hydroxyl groups excluding tert-OH is 15. The standard InChI is InChI=1S/C69H106N18O36S2/c1-71-87-69(122)123-18-19-124-125-28-38(67(120)121)84-64(116)34(8-14-47(99)75-24-41(93)54(107)57(110)44(96)27-90)80-63(115)36(11-17-50(103)104)82-61(113)33(7-13-46(98)74-23-40(92)53(106)56(109)43(95)26-89)79-62(114)35(10-16-49(101)102)81-60(112)32(6-12-45(97)73-22-39(91)52(105)55(108)42(94)25-88)78-48(100)15-9-37(66(118)119)83-59(111)29-2-4-30(5-3-29)72-20-31-21-76-58-51(77-31)65(117)86-68(70)85-58/h2-5,21,32-44,52-57,71-72,88-96,105-110H,6-20,22-28H2,1H3,(H,73,97)(H,74,98)(H,75,99)(H,78,100)(H,79,114)(H,80,115)(H,81,112)(H,82,113)(H,83,111)(H,84,116)(H,87,122)(H,101,102)(H,103,104)(H,118,119)(H,120,121)(H3,70,76,85,86,117)/t32-,33-,34-,35+,36+,37+,38+,39-,40-,41-,42+,43+,44+,52+,53+,54+,55+,56+,57+/m0/s1. The lowest BCUT2D eigenvalue weighted by Crippen LogP contribution is -2.60. The zero-order valence-corrected chi connectivity index (χ0v) is 68.2. The lowest BCUT2D eigenvalue weighted by atomic mass is 10.0. The molecule has 0 fully saturated rings. The second kappa shape index (κ2) is 56.0. The normalized spacial score (nSPS) is 15.9. The van der Waals surface area contributed by atoms with E-state index in [0.717, 1.165) is 21.6 Å². The van der Waals surface area contributed by atoms with Gasteiger partial charge in [-0.1, -0.05) is 21.6 Å². The van der Waals surface area contributed by atoms with Crippen LogP contribution in [0.3, 0.4) is 0 Å². The molecule has 35 N–H and O–H groups in total. The van der Waals surface area contributed by atoms with Crippen LogP contribution in [0.1, 0.15) is 93.1 Å². The molecule has 56 heteroatoms. The van der Waals surface area contributed by atoms with Crippen LogP contribution in [0.4, 0.5) is 16.4 Å². The van der Waals surface area contributed by atoms with E-state index in [4.69, 9.17) is 10.5 Å². The number of amides is 11. The number of hydrazine groups is 1. The molecule has 700 valence electrons. The van der Waals surface area contributed by atoms with Gasteiger partial charge in [-0.25, -0.2) is 29.8 Å². The van der Waals surface area contributed by atoms with E-state index < -0.39 is 332 Å². The van der Waals surface area contributed by atoms with Crippen LogP contribution < -0.4 is 80.6 Å². The number of benzene rings is 1. The fourth-order valence-corrected chi connectivity index (χ4v) is 12.7. The molecule has 3 aromatic rings. The maximum Gasteiger partial charge on any atom is 0.421 e. The van der Waals surface area contributed by atoms with E-state index in [1.165, 1.54) is 37.5 Å². The molecule has 54 nitrogen and oxygen atoms in total. The first-order valence-corrected chi connectivity index (χ1v) is 40.4. The molecule has 19 atom stereocenters. The quantitative estimate of drug-likeness (QED) is 0.0142. The van der Waals surface area contributed by atoms with Gasteiger partial charge < -0.3 is 166 Å². The number of nitrogens with one attached hydrogen (secondary N) is 14. The Morgan fingerprint density at radius 3 is 1.21 bits per heavy atom. The molecule has 3 rings (SSSR count). The van der Waals surface area contributed by atoms with Crippen LogP contribution >= 0.6 is 21.6 Å². The van der Waals surface area contributed by atoms with Crippen molar-refractivity contribution in [2.75, 3.05) is 75.7 Å². The minimum atomic E-state index is -2.28. The van der Waals surface area contributed by atoms with Crippen molar-refractivity contribution in [3.05, 3.63) is 52.1 Å². The molecule has 1 aromatic carbocycles. The molecular formula is C69H106N18O36S2. The summed E-state index contributed by atoms with van der Waals surface area (Å²) < 4.78 is 4.89. The van der Waals surface area contributed by atoms with E-state index in [1.807, 2.05) is 0 Å². The molecule has 0 bridgehead atoms. The van der Waals surface area contributed by atoms with Crippen molar-refractivity contribution in [3.63, 3.8) is 0 Å². The Bertz CT molecular complexity index is 4130. The van der Waals surface area contributed by atoms with Gasteiger partial charge in [0.2, 0.25) is 59.1 Å². The number of aromatic amines is 1. The molecule has 0 saturated carbocycles. The molecule has 2 aromatic heterocycles. The number of nitrogens with zero attached hydrogens (tertiary/aromatic N) is 3. The van der Waals surface area contributed by atoms with Crippen molar-refractivity contribution in [1.82, 2.24) is 84.0 Å². The number of hydrogen-bond donors (Lipinski definition) is 34. The maximum atomic E-state index is 14.8. The second-order valence-electron chi connectivity index (χ2n) is 27.5. The number of anilines is 2. The smallest absolute Gasteiger partial charge is 0.421 e. The zero-order valence-electron chi connectivity index (χ0n) is 66.6. The summed E-state index contributed by atoms with van der Waals surface area (Å²) in [6.07, 6.45) is -36.1. The predicted octanol–water partition coefficient (Wildman–Crippen LogP) is -14.2. The number of fused-ring (bicyclic) bond motifs is 1. The highest BCUT2D eigenvalue weighted by Gasteiger charge is 2.38. The molecule has 0 spiro atoms. The average molecular weight is 1830 g/mol. The average Bonchev–Trinajstić information content (AvgIpc) is 0.807. The van der Waals surface area contributed by atoms with Crippen molar-refractivity contribution in [3.8, 4) is 0 Å². The third-order valence-corrected chi connectivity index (χ3v) is 20.3. The Hall–Kier alpha value is -11.1.